The van der Waals surface area contributed by atoms with E-state index in [0.717, 1.165) is 35.9 Å². The second kappa shape index (κ2) is 9.07. The highest BCUT2D eigenvalue weighted by Gasteiger charge is 2.40. The van der Waals surface area contributed by atoms with Crippen molar-refractivity contribution in [1.82, 2.24) is 14.1 Å². The zero-order valence-electron chi connectivity index (χ0n) is 18.1. The SMILES string of the molecule is C[C@@H]1C[C@@H](C)CN(C(=O)[C@@H](C)N2CCN(S(=O)(=O)c3ccccc3C(F)(F)F)CC2)C1. The van der Waals surface area contributed by atoms with Crippen molar-refractivity contribution in [2.45, 2.75) is 44.3 Å². The summed E-state index contributed by atoms with van der Waals surface area (Å²) in [5, 5.41) is 0. The monoisotopic (exact) mass is 461 g/mol. The molecule has 0 aliphatic carbocycles. The van der Waals surface area contributed by atoms with Crippen LogP contribution in [0.3, 0.4) is 0 Å². The third-order valence-corrected chi connectivity index (χ3v) is 8.13. The molecule has 2 aliphatic heterocycles. The lowest BCUT2D eigenvalue weighted by Crippen LogP contribution is -2.56. The van der Waals surface area contributed by atoms with Crippen LogP contribution in [0.4, 0.5) is 13.2 Å². The number of halogens is 3. The number of nitrogens with zero attached hydrogens (tertiary/aromatic N) is 3. The van der Waals surface area contributed by atoms with Crippen molar-refractivity contribution in [3.05, 3.63) is 29.8 Å². The fourth-order valence-corrected chi connectivity index (χ4v) is 6.29. The van der Waals surface area contributed by atoms with Gasteiger partial charge in [0, 0.05) is 39.3 Å². The van der Waals surface area contributed by atoms with Crippen LogP contribution in [-0.4, -0.2) is 73.7 Å². The van der Waals surface area contributed by atoms with Crippen LogP contribution in [0.25, 0.3) is 0 Å². The molecule has 2 heterocycles. The molecule has 0 aromatic heterocycles. The Labute approximate surface area is 182 Å². The normalized spacial score (nSPS) is 25.4. The number of carbonyl (C=O) groups is 1. The van der Waals surface area contributed by atoms with E-state index in [0.29, 0.717) is 24.9 Å². The van der Waals surface area contributed by atoms with Gasteiger partial charge in [0.15, 0.2) is 0 Å². The lowest BCUT2D eigenvalue weighted by molar-refractivity contribution is -0.140. The van der Waals surface area contributed by atoms with Gasteiger partial charge in [-0.1, -0.05) is 26.0 Å². The molecule has 0 saturated carbocycles. The fourth-order valence-electron chi connectivity index (χ4n) is 4.66. The third kappa shape index (κ3) is 5.23. The molecular formula is C21H30F3N3O3S. The van der Waals surface area contributed by atoms with Crippen LogP contribution in [0.1, 0.15) is 32.8 Å². The number of piperazine rings is 1. The average Bonchev–Trinajstić information content (AvgIpc) is 2.71. The number of rotatable bonds is 4. The molecule has 2 aliphatic rings. The van der Waals surface area contributed by atoms with Crippen LogP contribution < -0.4 is 0 Å². The molecule has 1 aromatic carbocycles. The molecule has 3 rings (SSSR count). The second-order valence-electron chi connectivity index (χ2n) is 8.80. The number of sulfonamides is 1. The van der Waals surface area contributed by atoms with Crippen molar-refractivity contribution in [3.63, 3.8) is 0 Å². The van der Waals surface area contributed by atoms with Gasteiger partial charge in [-0.3, -0.25) is 9.69 Å². The number of hydrogen-bond donors (Lipinski definition) is 0. The van der Waals surface area contributed by atoms with Crippen LogP contribution in [0.15, 0.2) is 29.2 Å². The Morgan fingerprint density at radius 3 is 2.13 bits per heavy atom. The van der Waals surface area contributed by atoms with Crippen molar-refractivity contribution >= 4 is 15.9 Å². The molecule has 0 radical (unpaired) electrons. The number of hydrogen-bond acceptors (Lipinski definition) is 4. The molecule has 2 saturated heterocycles. The highest BCUT2D eigenvalue weighted by atomic mass is 32.2. The van der Waals surface area contributed by atoms with Gasteiger partial charge in [-0.05, 0) is 37.3 Å². The predicted molar refractivity (Wildman–Crippen MR) is 111 cm³/mol. The summed E-state index contributed by atoms with van der Waals surface area (Å²) in [6, 6.07) is 3.85. The van der Waals surface area contributed by atoms with Gasteiger partial charge in [0.25, 0.3) is 0 Å². The minimum atomic E-state index is -4.75. The number of likely N-dealkylation sites (tertiary alicyclic amines) is 1. The van der Waals surface area contributed by atoms with Crippen LogP contribution in [-0.2, 0) is 21.0 Å². The first-order chi connectivity index (χ1) is 14.4. The Morgan fingerprint density at radius 2 is 1.58 bits per heavy atom. The first-order valence-corrected chi connectivity index (χ1v) is 12.0. The van der Waals surface area contributed by atoms with Gasteiger partial charge in [0.1, 0.15) is 0 Å². The minimum Gasteiger partial charge on any atom is -0.341 e. The molecule has 174 valence electrons. The van der Waals surface area contributed by atoms with E-state index in [9.17, 15) is 26.4 Å². The van der Waals surface area contributed by atoms with Crippen molar-refractivity contribution in [2.24, 2.45) is 11.8 Å². The Morgan fingerprint density at radius 1 is 1.03 bits per heavy atom. The number of benzene rings is 1. The molecule has 0 bridgehead atoms. The van der Waals surface area contributed by atoms with E-state index >= 15 is 0 Å². The van der Waals surface area contributed by atoms with E-state index in [1.165, 1.54) is 12.1 Å². The topological polar surface area (TPSA) is 60.9 Å². The first-order valence-electron chi connectivity index (χ1n) is 10.6. The van der Waals surface area contributed by atoms with Gasteiger partial charge in [-0.15, -0.1) is 0 Å². The molecule has 3 atom stereocenters. The summed E-state index contributed by atoms with van der Waals surface area (Å²) in [6.07, 6.45) is -3.66. The molecule has 1 aromatic rings. The number of amides is 1. The van der Waals surface area contributed by atoms with Crippen LogP contribution >= 0.6 is 0 Å². The summed E-state index contributed by atoms with van der Waals surface area (Å²) in [5.41, 5.74) is -1.16. The van der Waals surface area contributed by atoms with Crippen molar-refractivity contribution < 1.29 is 26.4 Å². The van der Waals surface area contributed by atoms with E-state index in [4.69, 9.17) is 0 Å². The van der Waals surface area contributed by atoms with Gasteiger partial charge in [-0.2, -0.15) is 17.5 Å². The maximum atomic E-state index is 13.3. The Hall–Kier alpha value is -1.65. The highest BCUT2D eigenvalue weighted by Crippen LogP contribution is 2.35. The zero-order valence-corrected chi connectivity index (χ0v) is 18.9. The molecule has 6 nitrogen and oxygen atoms in total. The van der Waals surface area contributed by atoms with E-state index in [-0.39, 0.29) is 19.0 Å². The quantitative estimate of drug-likeness (QED) is 0.692. The second-order valence-corrected chi connectivity index (χ2v) is 10.7. The Kier molecular flexibility index (Phi) is 7.02. The van der Waals surface area contributed by atoms with Crippen LogP contribution in [0.2, 0.25) is 0 Å². The van der Waals surface area contributed by atoms with Crippen molar-refractivity contribution in [1.29, 1.82) is 0 Å². The third-order valence-electron chi connectivity index (χ3n) is 6.17. The first kappa shape index (κ1) is 24.0. The summed E-state index contributed by atoms with van der Waals surface area (Å²) < 4.78 is 66.8. The smallest absolute Gasteiger partial charge is 0.341 e. The number of piperidine rings is 1. The summed E-state index contributed by atoms with van der Waals surface area (Å²) in [4.78, 5) is 16.0. The summed E-state index contributed by atoms with van der Waals surface area (Å²) in [7, 11) is -4.29. The Bertz CT molecular complexity index is 889. The van der Waals surface area contributed by atoms with E-state index in [2.05, 4.69) is 13.8 Å². The molecular weight excluding hydrogens is 431 g/mol. The maximum Gasteiger partial charge on any atom is 0.417 e. The predicted octanol–water partition coefficient (Wildman–Crippen LogP) is 2.90. The van der Waals surface area contributed by atoms with Gasteiger partial charge in [0.05, 0.1) is 16.5 Å². The molecule has 0 unspecified atom stereocenters. The van der Waals surface area contributed by atoms with Gasteiger partial charge in [0.2, 0.25) is 15.9 Å². The minimum absolute atomic E-state index is 0.0251. The van der Waals surface area contributed by atoms with Crippen LogP contribution in [0, 0.1) is 11.8 Å². The highest BCUT2D eigenvalue weighted by molar-refractivity contribution is 7.89. The molecule has 31 heavy (non-hydrogen) atoms. The molecule has 10 heteroatoms. The number of carbonyl (C=O) groups excluding carboxylic acids is 1. The standard InChI is InChI=1S/C21H30F3N3O3S/c1-15-12-16(2)14-26(13-15)20(28)17(3)25-8-10-27(11-9-25)31(29,30)19-7-5-4-6-18(19)21(22,23)24/h4-7,15-17H,8-14H2,1-3H3/t15-,16-,17-/m1/s1. The van der Waals surface area contributed by atoms with E-state index in [1.54, 1.807) is 0 Å². The molecule has 2 fully saturated rings. The fraction of sp³-hybridized carbons (Fsp3) is 0.667. The van der Waals surface area contributed by atoms with Crippen molar-refractivity contribution in [2.75, 3.05) is 39.3 Å². The van der Waals surface area contributed by atoms with E-state index < -0.39 is 32.7 Å². The number of alkyl halides is 3. The van der Waals surface area contributed by atoms with Gasteiger partial charge in [-0.25, -0.2) is 8.42 Å². The van der Waals surface area contributed by atoms with E-state index in [1.807, 2.05) is 16.7 Å². The maximum absolute atomic E-state index is 13.3. The Balaban J connectivity index is 1.67. The summed E-state index contributed by atoms with van der Waals surface area (Å²) in [6.45, 7) is 8.17. The average molecular weight is 462 g/mol. The zero-order chi connectivity index (χ0) is 23.0. The molecule has 1 amide bonds. The van der Waals surface area contributed by atoms with Gasteiger partial charge >= 0.3 is 6.18 Å². The lowest BCUT2D eigenvalue weighted by Gasteiger charge is -2.41. The summed E-state index contributed by atoms with van der Waals surface area (Å²) in [5.74, 6) is 0.906. The molecule has 0 N–H and O–H groups in total. The van der Waals surface area contributed by atoms with Crippen LogP contribution in [0.5, 0.6) is 0 Å². The molecule has 0 spiro atoms. The van der Waals surface area contributed by atoms with Crippen molar-refractivity contribution in [3.8, 4) is 0 Å². The summed E-state index contributed by atoms with van der Waals surface area (Å²) >= 11 is 0. The largest absolute Gasteiger partial charge is 0.417 e. The van der Waals surface area contributed by atoms with Gasteiger partial charge < -0.3 is 4.90 Å². The lowest BCUT2D eigenvalue weighted by atomic mass is 9.91.